The van der Waals surface area contributed by atoms with E-state index in [1.54, 1.807) is 0 Å². The first kappa shape index (κ1) is 80.5. The number of hydrogen-bond acceptors (Lipinski definition) is 3. The van der Waals surface area contributed by atoms with Crippen LogP contribution in [0.4, 0.5) is 51.2 Å². The lowest BCUT2D eigenvalue weighted by atomic mass is 9.33. The molecule has 0 aliphatic carbocycles. The molecule has 0 unspecified atom stereocenters. The van der Waals surface area contributed by atoms with Crippen molar-refractivity contribution in [1.29, 1.82) is 0 Å². The van der Waals surface area contributed by atoms with Gasteiger partial charge < -0.3 is 19.3 Å². The van der Waals surface area contributed by atoms with Gasteiger partial charge in [-0.05, 0) is 274 Å². The van der Waals surface area contributed by atoms with Gasteiger partial charge in [0.15, 0.2) is 0 Å². The molecule has 5 heteroatoms. The zero-order chi connectivity index (χ0) is 89.1. The first-order valence-corrected chi connectivity index (χ1v) is 46.5. The van der Waals surface area contributed by atoms with Gasteiger partial charge >= 0.3 is 0 Å². The van der Waals surface area contributed by atoms with E-state index in [1.165, 1.54) is 92.5 Å². The molecule has 630 valence electrons. The van der Waals surface area contributed by atoms with E-state index in [0.717, 1.165) is 146 Å². The third-order valence-electron chi connectivity index (χ3n) is 28.1. The molecule has 0 atom stereocenters. The maximum absolute atomic E-state index is 2.76. The summed E-state index contributed by atoms with van der Waals surface area (Å²) in [7, 11) is 0. The molecule has 0 saturated carbocycles. The lowest BCUT2D eigenvalue weighted by Gasteiger charge is -2.46. The van der Waals surface area contributed by atoms with Crippen LogP contribution < -0.4 is 31.1 Å². The third-order valence-corrected chi connectivity index (χ3v) is 28.1. The van der Waals surface area contributed by atoms with E-state index in [9.17, 15) is 0 Å². The fraction of sp³-hybridized carbons (Fsp3) is 0.127. The van der Waals surface area contributed by atoms with Crippen molar-refractivity contribution in [1.82, 2.24) is 4.57 Å². The number of benzene rings is 20. The van der Waals surface area contributed by atoms with E-state index >= 15 is 0 Å². The highest BCUT2D eigenvalue weighted by Gasteiger charge is 2.47. The van der Waals surface area contributed by atoms with Crippen molar-refractivity contribution in [2.75, 3.05) is 14.7 Å². The molecule has 0 N–H and O–H groups in total. The van der Waals surface area contributed by atoms with Gasteiger partial charge in [-0.15, -0.1) is 0 Å². The first-order chi connectivity index (χ1) is 63.5. The van der Waals surface area contributed by atoms with Crippen LogP contribution >= 0.6 is 0 Å². The summed E-state index contributed by atoms with van der Waals surface area (Å²) >= 11 is 0. The first-order valence-electron chi connectivity index (χ1n) is 46.5. The fourth-order valence-electron chi connectivity index (χ4n) is 21.2. The molecule has 0 radical (unpaired) electrons. The monoisotopic (exact) mass is 1680 g/mol. The van der Waals surface area contributed by atoms with Crippen LogP contribution in [-0.2, 0) is 21.7 Å². The summed E-state index contributed by atoms with van der Waals surface area (Å²) in [4.78, 5) is 8.07. The van der Waals surface area contributed by atoms with E-state index < -0.39 is 0 Å². The smallest absolute Gasteiger partial charge is 0.252 e. The minimum absolute atomic E-state index is 0.101. The van der Waals surface area contributed by atoms with Crippen LogP contribution in [0.25, 0.3) is 148 Å². The van der Waals surface area contributed by atoms with E-state index in [-0.39, 0.29) is 28.4 Å². The lowest BCUT2D eigenvalue weighted by Crippen LogP contribution is -2.61. The second-order valence-electron chi connectivity index (χ2n) is 40.4. The molecule has 2 aliphatic heterocycles. The molecule has 2 aliphatic rings. The highest BCUT2D eigenvalue weighted by Crippen LogP contribution is 2.58. The van der Waals surface area contributed by atoms with Gasteiger partial charge in [-0.2, -0.15) is 0 Å². The van der Waals surface area contributed by atoms with E-state index in [1.807, 2.05) is 0 Å². The van der Waals surface area contributed by atoms with Crippen LogP contribution in [0.2, 0.25) is 0 Å². The molecule has 0 amide bonds. The SMILES string of the molecule is CC(C)(C)c1cc(-c2ccccc2)c(N2c3cc(-c4cc5cccc6c7cccc8cccc(c(c4)c56)c87)ccc3B3c4ccc(-n5c6ccc(C(C)(C)C)cc6c6cc(C(C)(C)C)ccc65)cc4N(c4c(-c5ccccc5)cc(C(C)(C)C)cc4-c4ccccc4)c4cc(N(c5ccc(-c6ccccc6)cc5)c5ccc(-c6ccccc6)cc5)cc2c43)c(-c2ccccc2)c1. The molecule has 20 aromatic carbocycles. The van der Waals surface area contributed by atoms with Crippen molar-refractivity contribution >= 4 is 139 Å². The zero-order valence-electron chi connectivity index (χ0n) is 76.5. The minimum atomic E-state index is -0.363. The van der Waals surface area contributed by atoms with Crippen molar-refractivity contribution in [2.45, 2.75) is 105 Å². The van der Waals surface area contributed by atoms with Gasteiger partial charge in [-0.3, -0.25) is 0 Å². The fourth-order valence-corrected chi connectivity index (χ4v) is 21.2. The van der Waals surface area contributed by atoms with Crippen LogP contribution in [0, 0.1) is 0 Å². The predicted molar refractivity (Wildman–Crippen MR) is 564 cm³/mol. The Kier molecular flexibility index (Phi) is 19.0. The van der Waals surface area contributed by atoms with Gasteiger partial charge in [0, 0.05) is 72.8 Å². The van der Waals surface area contributed by atoms with Crippen molar-refractivity contribution in [3.05, 3.63) is 429 Å². The van der Waals surface area contributed by atoms with E-state index in [0.29, 0.717) is 0 Å². The average molecular weight is 1680 g/mol. The normalized spacial score (nSPS) is 12.8. The Balaban J connectivity index is 0.912. The van der Waals surface area contributed by atoms with Gasteiger partial charge in [-0.25, -0.2) is 0 Å². The van der Waals surface area contributed by atoms with Crippen LogP contribution in [-0.4, -0.2) is 11.3 Å². The van der Waals surface area contributed by atoms with Crippen molar-refractivity contribution in [3.8, 4) is 83.6 Å². The van der Waals surface area contributed by atoms with Crippen molar-refractivity contribution < 1.29 is 0 Å². The molecule has 0 saturated heterocycles. The molecule has 3 heterocycles. The van der Waals surface area contributed by atoms with Gasteiger partial charge in [0.2, 0.25) is 0 Å². The molecule has 0 bridgehead atoms. The number of fused-ring (bicyclic) bond motifs is 9. The van der Waals surface area contributed by atoms with Gasteiger partial charge in [0.1, 0.15) is 0 Å². The van der Waals surface area contributed by atoms with Gasteiger partial charge in [0.05, 0.1) is 28.1 Å². The van der Waals surface area contributed by atoms with Gasteiger partial charge in [0.25, 0.3) is 6.71 Å². The minimum Gasteiger partial charge on any atom is -0.310 e. The maximum atomic E-state index is 2.76. The van der Waals surface area contributed by atoms with Crippen LogP contribution in [0.5, 0.6) is 0 Å². The topological polar surface area (TPSA) is 14.7 Å². The second-order valence-corrected chi connectivity index (χ2v) is 40.4. The summed E-state index contributed by atoms with van der Waals surface area (Å²) in [6.07, 6.45) is 0. The number of nitrogens with zero attached hydrogens (tertiary/aromatic N) is 4. The summed E-state index contributed by atoms with van der Waals surface area (Å²) in [6.45, 7) is 27.9. The Labute approximate surface area is 770 Å². The molecular weight excluding hydrogens is 1580 g/mol. The molecule has 21 aromatic rings. The number of rotatable bonds is 13. The molecule has 0 fully saturated rings. The van der Waals surface area contributed by atoms with Crippen LogP contribution in [0.15, 0.2) is 406 Å². The molecule has 4 nitrogen and oxygen atoms in total. The summed E-state index contributed by atoms with van der Waals surface area (Å²) in [5.41, 5.74) is 36.8. The van der Waals surface area contributed by atoms with Crippen molar-refractivity contribution in [3.63, 3.8) is 0 Å². The lowest BCUT2D eigenvalue weighted by molar-refractivity contribution is 0.590. The van der Waals surface area contributed by atoms with Crippen LogP contribution in [0.3, 0.4) is 0 Å². The quantitative estimate of drug-likeness (QED) is 0.0650. The molecule has 131 heavy (non-hydrogen) atoms. The number of aromatic nitrogens is 1. The molecule has 23 rings (SSSR count). The molecule has 1 aromatic heterocycles. The van der Waals surface area contributed by atoms with Crippen LogP contribution in [0.1, 0.15) is 105 Å². The zero-order valence-corrected chi connectivity index (χ0v) is 76.5. The largest absolute Gasteiger partial charge is 0.310 e. The average Bonchev–Trinajstić information content (AvgIpc) is 0.772. The molecular formula is C126H103BN4. The van der Waals surface area contributed by atoms with Gasteiger partial charge in [-0.1, -0.05) is 374 Å². The van der Waals surface area contributed by atoms with Crippen molar-refractivity contribution in [2.24, 2.45) is 0 Å². The number of anilines is 9. The second kappa shape index (κ2) is 30.9. The molecule has 0 spiro atoms. The highest BCUT2D eigenvalue weighted by atomic mass is 15.2. The Morgan fingerprint density at radius 2 is 0.573 bits per heavy atom. The summed E-state index contributed by atoms with van der Waals surface area (Å²) < 4.78 is 2.58. The Bertz CT molecular complexity index is 7790. The number of hydrogen-bond donors (Lipinski definition) is 0. The van der Waals surface area contributed by atoms with E-state index in [4.69, 9.17) is 0 Å². The standard InChI is InChI=1S/C126H103BN4/c1-123(2,3)92-57-66-112-107(71-92)108-72-93(124(4,5)6)58-67-113(108)129(112)98-63-65-111-115(77-98)131(122-105(86-42-27-17-28-43-86)75-95(126(10,11)12)76-106(122)87-44-29-18-30-45-87)117-79-99(128(96-59-52-82(53-60-96)80-34-19-13-20-35-80)97-61-54-83(55-62-97)81-36-21-14-22-37-81)78-116-120(117)127(111)110-64-56-89(91-68-90-48-33-50-101-100-49-31-46-88-47-32-51-102(118(88)100)109(69-91)119(90)101)70-114(110)130(116)121-103(84-38-23-15-24-39-84)73-94(125(7,8)9)74-104(121)85-40-25-16-26-41-85/h13-79H,1-12H3. The summed E-state index contributed by atoms with van der Waals surface area (Å²) in [6, 6.07) is 156. The predicted octanol–water partition coefficient (Wildman–Crippen LogP) is 33.2. The third kappa shape index (κ3) is 13.7. The summed E-state index contributed by atoms with van der Waals surface area (Å²) in [5.74, 6) is 0. The Hall–Kier alpha value is -15.0. The summed E-state index contributed by atoms with van der Waals surface area (Å²) in [5, 5.41) is 12.6. The highest BCUT2D eigenvalue weighted by molar-refractivity contribution is 7.00. The Morgan fingerprint density at radius 3 is 0.977 bits per heavy atom. The van der Waals surface area contributed by atoms with E-state index in [2.05, 4.69) is 509 Å². The Morgan fingerprint density at radius 1 is 0.221 bits per heavy atom. The maximum Gasteiger partial charge on any atom is 0.252 e.